The maximum Gasteiger partial charge on any atom is 0.194 e. The van der Waals surface area contributed by atoms with Crippen molar-refractivity contribution in [2.45, 2.75) is 11.6 Å². The van der Waals surface area contributed by atoms with Gasteiger partial charge in [-0.25, -0.2) is 8.42 Å². The van der Waals surface area contributed by atoms with Crippen LogP contribution < -0.4 is 5.73 Å². The maximum atomic E-state index is 11.1. The molecule has 0 radical (unpaired) electrons. The first kappa shape index (κ1) is 9.21. The van der Waals surface area contributed by atoms with E-state index in [4.69, 9.17) is 5.73 Å². The number of nitrogens with two attached hydrogens (primary N) is 1. The highest BCUT2D eigenvalue weighted by Crippen LogP contribution is 2.11. The molecule has 6 heteroatoms. The fraction of sp³-hybridized carbons (Fsp3) is 0.500. The van der Waals surface area contributed by atoms with Gasteiger partial charge < -0.3 is 5.73 Å². The molecule has 0 aliphatic carbocycles. The van der Waals surface area contributed by atoms with Gasteiger partial charge in [-0.2, -0.15) is 5.10 Å². The molecule has 5 nitrogen and oxygen atoms in total. The SMILES string of the molecule is Cn1cc(CN)c(S(C)(=O)=O)n1. The van der Waals surface area contributed by atoms with Gasteiger partial charge in [0.25, 0.3) is 0 Å². The highest BCUT2D eigenvalue weighted by Gasteiger charge is 2.16. The van der Waals surface area contributed by atoms with E-state index in [1.807, 2.05) is 0 Å². The Balaban J connectivity index is 3.33. The van der Waals surface area contributed by atoms with Gasteiger partial charge in [-0.15, -0.1) is 0 Å². The van der Waals surface area contributed by atoms with Crippen molar-refractivity contribution in [3.63, 3.8) is 0 Å². The lowest BCUT2D eigenvalue weighted by molar-refractivity contribution is 0.592. The fourth-order valence-electron chi connectivity index (χ4n) is 0.969. The number of rotatable bonds is 2. The minimum atomic E-state index is -3.24. The monoisotopic (exact) mass is 189 g/mol. The van der Waals surface area contributed by atoms with Gasteiger partial charge in [-0.1, -0.05) is 0 Å². The second kappa shape index (κ2) is 2.87. The molecule has 0 aliphatic heterocycles. The molecule has 0 aromatic carbocycles. The fourth-order valence-corrected chi connectivity index (χ4v) is 1.86. The summed E-state index contributed by atoms with van der Waals surface area (Å²) in [5.41, 5.74) is 5.90. The highest BCUT2D eigenvalue weighted by atomic mass is 32.2. The van der Waals surface area contributed by atoms with Gasteiger partial charge in [0.2, 0.25) is 0 Å². The predicted molar refractivity (Wildman–Crippen MR) is 44.2 cm³/mol. The maximum absolute atomic E-state index is 11.1. The summed E-state index contributed by atoms with van der Waals surface area (Å²) < 4.78 is 23.6. The molecule has 0 bridgehead atoms. The summed E-state index contributed by atoms with van der Waals surface area (Å²) in [4.78, 5) is 0. The van der Waals surface area contributed by atoms with Crippen LogP contribution in [0.1, 0.15) is 5.56 Å². The minimum absolute atomic E-state index is 0.0764. The van der Waals surface area contributed by atoms with E-state index in [1.165, 1.54) is 4.68 Å². The summed E-state index contributed by atoms with van der Waals surface area (Å²) in [7, 11) is -1.58. The Kier molecular flexibility index (Phi) is 2.20. The lowest BCUT2D eigenvalue weighted by Gasteiger charge is -1.93. The Hall–Kier alpha value is -0.880. The van der Waals surface area contributed by atoms with E-state index < -0.39 is 9.84 Å². The largest absolute Gasteiger partial charge is 0.326 e. The van der Waals surface area contributed by atoms with Gasteiger partial charge in [-0.3, -0.25) is 4.68 Å². The van der Waals surface area contributed by atoms with Gasteiger partial charge in [0, 0.05) is 31.6 Å². The van der Waals surface area contributed by atoms with Crippen molar-refractivity contribution < 1.29 is 8.42 Å². The Morgan fingerprint density at radius 3 is 2.58 bits per heavy atom. The molecule has 0 unspecified atom stereocenters. The summed E-state index contributed by atoms with van der Waals surface area (Å²) in [5, 5.41) is 3.88. The van der Waals surface area contributed by atoms with Crippen LogP contribution in [0, 0.1) is 0 Å². The third-order valence-corrected chi connectivity index (χ3v) is 2.48. The van der Waals surface area contributed by atoms with Crippen molar-refractivity contribution in [1.29, 1.82) is 0 Å². The molecule has 1 heterocycles. The Morgan fingerprint density at radius 1 is 1.67 bits per heavy atom. The number of aryl methyl sites for hydroxylation is 1. The topological polar surface area (TPSA) is 78.0 Å². The van der Waals surface area contributed by atoms with Gasteiger partial charge in [0.15, 0.2) is 14.9 Å². The normalized spacial score (nSPS) is 11.9. The standard InChI is InChI=1S/C6H11N3O2S/c1-9-4-5(3-7)6(8-9)12(2,10)11/h4H,3,7H2,1-2H3. The zero-order valence-corrected chi connectivity index (χ0v) is 7.80. The number of aromatic nitrogens is 2. The van der Waals surface area contributed by atoms with E-state index in [0.717, 1.165) is 6.26 Å². The van der Waals surface area contributed by atoms with Gasteiger partial charge in [0.1, 0.15) is 0 Å². The Morgan fingerprint density at radius 2 is 2.25 bits per heavy atom. The average molecular weight is 189 g/mol. The summed E-state index contributed by atoms with van der Waals surface area (Å²) in [6.07, 6.45) is 2.73. The van der Waals surface area contributed by atoms with Crippen LogP contribution in [0.25, 0.3) is 0 Å². The number of hydrogen-bond donors (Lipinski definition) is 1. The zero-order valence-electron chi connectivity index (χ0n) is 6.98. The molecule has 1 rings (SSSR count). The van der Waals surface area contributed by atoms with Crippen molar-refractivity contribution in [2.24, 2.45) is 12.8 Å². The first-order valence-electron chi connectivity index (χ1n) is 3.38. The third-order valence-electron chi connectivity index (χ3n) is 1.44. The van der Waals surface area contributed by atoms with E-state index in [-0.39, 0.29) is 11.6 Å². The molecule has 0 saturated carbocycles. The molecule has 0 aliphatic rings. The molecule has 0 amide bonds. The number of nitrogens with zero attached hydrogens (tertiary/aromatic N) is 2. The van der Waals surface area contributed by atoms with Gasteiger partial charge in [-0.05, 0) is 0 Å². The molecule has 0 atom stereocenters. The van der Waals surface area contributed by atoms with Crippen molar-refractivity contribution >= 4 is 9.84 Å². The van der Waals surface area contributed by atoms with Crippen LogP contribution in [0.3, 0.4) is 0 Å². The molecule has 0 spiro atoms. The Labute approximate surface area is 71.1 Å². The van der Waals surface area contributed by atoms with Crippen LogP contribution in [-0.2, 0) is 23.4 Å². The zero-order chi connectivity index (χ0) is 9.35. The summed E-state index contributed by atoms with van der Waals surface area (Å²) in [6.45, 7) is 0.191. The smallest absolute Gasteiger partial charge is 0.194 e. The van der Waals surface area contributed by atoms with Crippen LogP contribution in [0.15, 0.2) is 11.2 Å². The van der Waals surface area contributed by atoms with Crippen molar-refractivity contribution in [1.82, 2.24) is 9.78 Å². The van der Waals surface area contributed by atoms with Gasteiger partial charge >= 0.3 is 0 Å². The molecular formula is C6H11N3O2S. The van der Waals surface area contributed by atoms with E-state index in [2.05, 4.69) is 5.10 Å². The predicted octanol–water partition coefficient (Wildman–Crippen LogP) is -0.718. The van der Waals surface area contributed by atoms with Crippen LogP contribution >= 0.6 is 0 Å². The molecule has 0 saturated heterocycles. The number of hydrogen-bond acceptors (Lipinski definition) is 4. The third kappa shape index (κ3) is 1.64. The first-order chi connectivity index (χ1) is 5.45. The lowest BCUT2D eigenvalue weighted by Crippen LogP contribution is -2.05. The lowest BCUT2D eigenvalue weighted by atomic mass is 10.4. The molecule has 0 fully saturated rings. The van der Waals surface area contributed by atoms with Crippen LogP contribution in [0.4, 0.5) is 0 Å². The number of sulfone groups is 1. The van der Waals surface area contributed by atoms with Crippen molar-refractivity contribution in [2.75, 3.05) is 6.26 Å². The highest BCUT2D eigenvalue weighted by molar-refractivity contribution is 7.90. The second-order valence-electron chi connectivity index (χ2n) is 2.61. The average Bonchev–Trinajstić information content (AvgIpc) is 2.29. The molecule has 2 N–H and O–H groups in total. The molecule has 12 heavy (non-hydrogen) atoms. The van der Waals surface area contributed by atoms with Gasteiger partial charge in [0.05, 0.1) is 0 Å². The second-order valence-corrected chi connectivity index (χ2v) is 4.54. The first-order valence-corrected chi connectivity index (χ1v) is 5.27. The van der Waals surface area contributed by atoms with E-state index in [0.29, 0.717) is 5.56 Å². The molecular weight excluding hydrogens is 178 g/mol. The minimum Gasteiger partial charge on any atom is -0.326 e. The molecule has 68 valence electrons. The summed E-state index contributed by atoms with van der Waals surface area (Å²) in [6, 6.07) is 0. The summed E-state index contributed by atoms with van der Waals surface area (Å²) in [5.74, 6) is 0. The van der Waals surface area contributed by atoms with Crippen molar-refractivity contribution in [3.05, 3.63) is 11.8 Å². The summed E-state index contributed by atoms with van der Waals surface area (Å²) >= 11 is 0. The molecule has 1 aromatic rings. The van der Waals surface area contributed by atoms with E-state index in [9.17, 15) is 8.42 Å². The van der Waals surface area contributed by atoms with Crippen LogP contribution in [0.5, 0.6) is 0 Å². The van der Waals surface area contributed by atoms with Crippen LogP contribution in [0.2, 0.25) is 0 Å². The van der Waals surface area contributed by atoms with Crippen LogP contribution in [-0.4, -0.2) is 24.5 Å². The van der Waals surface area contributed by atoms with E-state index >= 15 is 0 Å². The van der Waals surface area contributed by atoms with Crippen molar-refractivity contribution in [3.8, 4) is 0 Å². The van der Waals surface area contributed by atoms with E-state index in [1.54, 1.807) is 13.2 Å². The quantitative estimate of drug-likeness (QED) is 0.666. The Bertz CT molecular complexity index is 379. The molecule has 1 aromatic heterocycles.